The van der Waals surface area contributed by atoms with Crippen molar-refractivity contribution in [3.05, 3.63) is 28.6 Å². The Balaban J connectivity index is 1.62. The first-order valence-electron chi connectivity index (χ1n) is 7.04. The van der Waals surface area contributed by atoms with Crippen molar-refractivity contribution in [3.8, 4) is 9.88 Å². The van der Waals surface area contributed by atoms with Crippen LogP contribution < -0.4 is 5.32 Å². The van der Waals surface area contributed by atoms with Gasteiger partial charge in [0.2, 0.25) is 0 Å². The van der Waals surface area contributed by atoms with E-state index in [1.54, 1.807) is 22.7 Å². The third-order valence-electron chi connectivity index (χ3n) is 4.25. The van der Waals surface area contributed by atoms with Gasteiger partial charge in [-0.3, -0.25) is 0 Å². The summed E-state index contributed by atoms with van der Waals surface area (Å²) < 4.78 is 0. The van der Waals surface area contributed by atoms with Crippen LogP contribution in [0.3, 0.4) is 0 Å². The number of nitrogens with one attached hydrogen (secondary N) is 1. The van der Waals surface area contributed by atoms with Gasteiger partial charge in [-0.25, -0.2) is 4.98 Å². The van der Waals surface area contributed by atoms with Gasteiger partial charge < -0.3 is 10.4 Å². The third kappa shape index (κ3) is 2.81. The molecule has 108 valence electrons. The molecule has 0 spiro atoms. The third-order valence-corrected chi connectivity index (χ3v) is 6.29. The maximum absolute atomic E-state index is 9.57. The zero-order chi connectivity index (χ0) is 14.0. The summed E-state index contributed by atoms with van der Waals surface area (Å²) in [5.74, 6) is 0. The molecule has 2 atom stereocenters. The molecule has 3 rings (SSSR count). The summed E-state index contributed by atoms with van der Waals surface area (Å²) in [5, 5.41) is 16.4. The lowest BCUT2D eigenvalue weighted by Crippen LogP contribution is -2.41. The summed E-state index contributed by atoms with van der Waals surface area (Å²) in [6.45, 7) is 3.30. The fraction of sp³-hybridized carbons (Fsp3) is 0.533. The molecule has 2 heterocycles. The van der Waals surface area contributed by atoms with Crippen molar-refractivity contribution >= 4 is 22.7 Å². The van der Waals surface area contributed by atoms with Gasteiger partial charge in [-0.2, -0.15) is 0 Å². The number of nitrogens with zero attached hydrogens (tertiary/aromatic N) is 1. The second-order valence-corrected chi connectivity index (χ2v) is 7.81. The number of rotatable bonds is 5. The fourth-order valence-corrected chi connectivity index (χ4v) is 4.56. The number of aromatic nitrogens is 1. The zero-order valence-electron chi connectivity index (χ0n) is 11.6. The molecular weight excluding hydrogens is 288 g/mol. The van der Waals surface area contributed by atoms with Gasteiger partial charge in [0, 0.05) is 35.7 Å². The van der Waals surface area contributed by atoms with E-state index in [2.05, 4.69) is 34.7 Å². The van der Waals surface area contributed by atoms with E-state index in [0.717, 1.165) is 24.4 Å². The maximum atomic E-state index is 9.57. The molecular formula is C15H20N2OS2. The first-order valence-corrected chi connectivity index (χ1v) is 8.74. The molecule has 0 aromatic carbocycles. The van der Waals surface area contributed by atoms with Crippen LogP contribution in [0.25, 0.3) is 9.88 Å². The normalized spacial score (nSPS) is 26.2. The Morgan fingerprint density at radius 3 is 3.20 bits per heavy atom. The predicted octanol–water partition coefficient (Wildman–Crippen LogP) is 3.51. The number of aliphatic hydroxyl groups is 1. The first kappa shape index (κ1) is 14.2. The van der Waals surface area contributed by atoms with Gasteiger partial charge in [-0.1, -0.05) is 19.4 Å². The van der Waals surface area contributed by atoms with E-state index in [1.165, 1.54) is 16.2 Å². The van der Waals surface area contributed by atoms with Gasteiger partial charge in [-0.05, 0) is 24.3 Å². The molecule has 20 heavy (non-hydrogen) atoms. The van der Waals surface area contributed by atoms with Crippen LogP contribution in [-0.2, 0) is 6.54 Å². The summed E-state index contributed by atoms with van der Waals surface area (Å²) in [6.07, 6.45) is 5.45. The second-order valence-electron chi connectivity index (χ2n) is 5.75. The summed E-state index contributed by atoms with van der Waals surface area (Å²) in [5.41, 5.74) is 0.0429. The Labute approximate surface area is 127 Å². The van der Waals surface area contributed by atoms with Crippen molar-refractivity contribution in [1.29, 1.82) is 0 Å². The van der Waals surface area contributed by atoms with Crippen LogP contribution in [-0.4, -0.2) is 22.7 Å². The Hall–Kier alpha value is -0.750. The van der Waals surface area contributed by atoms with E-state index < -0.39 is 0 Å². The Bertz CT molecular complexity index is 552. The minimum Gasteiger partial charge on any atom is -0.396 e. The lowest BCUT2D eigenvalue weighted by molar-refractivity contribution is 0.118. The number of hydrogen-bond acceptors (Lipinski definition) is 5. The monoisotopic (exact) mass is 308 g/mol. The number of thiophene rings is 1. The molecule has 0 aliphatic heterocycles. The van der Waals surface area contributed by atoms with E-state index >= 15 is 0 Å². The molecule has 1 saturated carbocycles. The summed E-state index contributed by atoms with van der Waals surface area (Å²) >= 11 is 3.49. The predicted molar refractivity (Wildman–Crippen MR) is 85.1 cm³/mol. The molecule has 2 unspecified atom stereocenters. The zero-order valence-corrected chi connectivity index (χ0v) is 13.3. The van der Waals surface area contributed by atoms with Crippen LogP contribution in [0, 0.1) is 5.41 Å². The Kier molecular flexibility index (Phi) is 4.21. The van der Waals surface area contributed by atoms with Crippen molar-refractivity contribution in [3.63, 3.8) is 0 Å². The molecule has 0 radical (unpaired) electrons. The van der Waals surface area contributed by atoms with E-state index in [0.29, 0.717) is 6.04 Å². The lowest BCUT2D eigenvalue weighted by atomic mass is 9.86. The van der Waals surface area contributed by atoms with Crippen LogP contribution in [0.5, 0.6) is 0 Å². The smallest absolute Gasteiger partial charge is 0.133 e. The fourth-order valence-electron chi connectivity index (χ4n) is 2.90. The number of thiazole rings is 1. The summed E-state index contributed by atoms with van der Waals surface area (Å²) in [7, 11) is 0. The highest BCUT2D eigenvalue weighted by Gasteiger charge is 2.37. The van der Waals surface area contributed by atoms with Crippen molar-refractivity contribution in [2.45, 2.75) is 38.8 Å². The molecule has 2 aromatic rings. The van der Waals surface area contributed by atoms with Crippen LogP contribution in [0.15, 0.2) is 23.7 Å². The SMILES string of the molecule is CC1(CO)CCCC1NCc1cnc(-c2cccs2)s1. The Morgan fingerprint density at radius 2 is 2.45 bits per heavy atom. The molecule has 1 aliphatic rings. The maximum Gasteiger partial charge on any atom is 0.133 e. The molecule has 1 fully saturated rings. The quantitative estimate of drug-likeness (QED) is 0.888. The van der Waals surface area contributed by atoms with Gasteiger partial charge in [-0.15, -0.1) is 22.7 Å². The second kappa shape index (κ2) is 5.93. The molecule has 5 heteroatoms. The van der Waals surface area contributed by atoms with Crippen molar-refractivity contribution in [2.75, 3.05) is 6.61 Å². The lowest BCUT2D eigenvalue weighted by Gasteiger charge is -2.30. The molecule has 2 N–H and O–H groups in total. The molecule has 2 aromatic heterocycles. The van der Waals surface area contributed by atoms with Gasteiger partial charge >= 0.3 is 0 Å². The summed E-state index contributed by atoms with van der Waals surface area (Å²) in [4.78, 5) is 7.00. The minimum atomic E-state index is 0.0429. The number of aliphatic hydroxyl groups excluding tert-OH is 1. The van der Waals surface area contributed by atoms with Gasteiger partial charge in [0.25, 0.3) is 0 Å². The highest BCUT2D eigenvalue weighted by atomic mass is 32.1. The Morgan fingerprint density at radius 1 is 1.55 bits per heavy atom. The summed E-state index contributed by atoms with van der Waals surface area (Å²) in [6, 6.07) is 4.59. The highest BCUT2D eigenvalue weighted by molar-refractivity contribution is 7.20. The molecule has 3 nitrogen and oxygen atoms in total. The van der Waals surface area contributed by atoms with Crippen LogP contribution in [0.1, 0.15) is 31.1 Å². The van der Waals surface area contributed by atoms with Crippen LogP contribution in [0.2, 0.25) is 0 Å². The molecule has 0 amide bonds. The van der Waals surface area contributed by atoms with Gasteiger partial charge in [0.05, 0.1) is 4.88 Å². The topological polar surface area (TPSA) is 45.1 Å². The van der Waals surface area contributed by atoms with E-state index in [4.69, 9.17) is 0 Å². The molecule has 0 saturated heterocycles. The van der Waals surface area contributed by atoms with E-state index in [9.17, 15) is 5.11 Å². The minimum absolute atomic E-state index is 0.0429. The average Bonchev–Trinajstić information content (AvgIpc) is 3.17. The molecule has 1 aliphatic carbocycles. The van der Waals surface area contributed by atoms with Crippen molar-refractivity contribution in [2.24, 2.45) is 5.41 Å². The van der Waals surface area contributed by atoms with Crippen molar-refractivity contribution < 1.29 is 5.11 Å². The first-order chi connectivity index (χ1) is 9.71. The highest BCUT2D eigenvalue weighted by Crippen LogP contribution is 2.37. The van der Waals surface area contributed by atoms with Gasteiger partial charge in [0.1, 0.15) is 5.01 Å². The van der Waals surface area contributed by atoms with Crippen LogP contribution in [0.4, 0.5) is 0 Å². The van der Waals surface area contributed by atoms with Crippen LogP contribution >= 0.6 is 22.7 Å². The van der Waals surface area contributed by atoms with Gasteiger partial charge in [0.15, 0.2) is 0 Å². The standard InChI is InChI=1S/C15H20N2OS2/c1-15(10-18)6-2-5-13(15)16-8-11-9-17-14(20-11)12-4-3-7-19-12/h3-4,7,9,13,16,18H,2,5-6,8,10H2,1H3. The van der Waals surface area contributed by atoms with E-state index in [-0.39, 0.29) is 12.0 Å². The number of hydrogen-bond donors (Lipinski definition) is 2. The molecule has 0 bridgehead atoms. The van der Waals surface area contributed by atoms with Crippen molar-refractivity contribution in [1.82, 2.24) is 10.3 Å². The van der Waals surface area contributed by atoms with E-state index in [1.807, 2.05) is 6.20 Å². The largest absolute Gasteiger partial charge is 0.396 e. The average molecular weight is 308 g/mol.